The number of carbonyl (C=O) groups is 2. The Morgan fingerprint density at radius 1 is 0.857 bits per heavy atom. The van der Waals surface area contributed by atoms with E-state index < -0.39 is 0 Å². The van der Waals surface area contributed by atoms with Gasteiger partial charge in [-0.15, -0.1) is 0 Å². The maximum atomic E-state index is 12.9. The van der Waals surface area contributed by atoms with Crippen LogP contribution in [0.2, 0.25) is 0 Å². The summed E-state index contributed by atoms with van der Waals surface area (Å²) in [6.45, 7) is 2.96. The van der Waals surface area contributed by atoms with Gasteiger partial charge in [0.25, 0.3) is 11.8 Å². The van der Waals surface area contributed by atoms with Gasteiger partial charge >= 0.3 is 0 Å². The fraction of sp³-hybridized carbons (Fsp3) is 0.600. The van der Waals surface area contributed by atoms with Gasteiger partial charge in [0.15, 0.2) is 11.4 Å². The maximum absolute atomic E-state index is 12.9. The minimum atomic E-state index is -0.0727. The van der Waals surface area contributed by atoms with Gasteiger partial charge in [0.05, 0.1) is 0 Å². The van der Waals surface area contributed by atoms with E-state index in [1.165, 1.54) is 0 Å². The van der Waals surface area contributed by atoms with Crippen molar-refractivity contribution in [1.82, 2.24) is 24.7 Å². The number of carbonyl (C=O) groups excluding carboxylic acids is 2. The second-order valence-corrected chi connectivity index (χ2v) is 7.93. The van der Waals surface area contributed by atoms with E-state index in [0.29, 0.717) is 37.6 Å². The number of fused-ring (bicyclic) bond motifs is 2. The first-order chi connectivity index (χ1) is 13.7. The number of aryl methyl sites for hydroxylation is 3. The second-order valence-electron chi connectivity index (χ2n) is 7.93. The fourth-order valence-electron chi connectivity index (χ4n) is 4.50. The van der Waals surface area contributed by atoms with Crippen LogP contribution in [0.25, 0.3) is 0 Å². The molecule has 0 unspecified atom stereocenters. The Bertz CT molecular complexity index is 884. The fourth-order valence-corrected chi connectivity index (χ4v) is 4.50. The molecule has 0 atom stereocenters. The van der Waals surface area contributed by atoms with E-state index in [2.05, 4.69) is 10.3 Å². The lowest BCUT2D eigenvalue weighted by atomic mass is 9.96. The molecule has 1 saturated heterocycles. The molecule has 0 aromatic carbocycles. The monoisotopic (exact) mass is 383 g/mol. The van der Waals surface area contributed by atoms with E-state index in [0.717, 1.165) is 68.5 Å². The van der Waals surface area contributed by atoms with Crippen molar-refractivity contribution in [2.45, 2.75) is 51.5 Å². The number of hydrogen-bond acceptors (Lipinski definition) is 5. The summed E-state index contributed by atoms with van der Waals surface area (Å²) in [6.07, 6.45) is 7.17. The Morgan fingerprint density at radius 3 is 2.36 bits per heavy atom. The maximum Gasteiger partial charge on any atom is 0.276 e. The number of piperazine rings is 1. The number of hydrogen-bond donors (Lipinski definition) is 0. The Hall–Kier alpha value is -2.64. The number of nitrogens with zero attached hydrogens (tertiary/aromatic N) is 5. The molecular weight excluding hydrogens is 358 g/mol. The average Bonchev–Trinajstić information content (AvgIpc) is 3.37. The van der Waals surface area contributed by atoms with Gasteiger partial charge in [-0.25, -0.2) is 0 Å². The lowest BCUT2D eigenvalue weighted by Crippen LogP contribution is -2.50. The van der Waals surface area contributed by atoms with Crippen LogP contribution in [-0.2, 0) is 25.8 Å². The van der Waals surface area contributed by atoms with Gasteiger partial charge in [-0.05, 0) is 44.6 Å². The third-order valence-electron chi connectivity index (χ3n) is 6.14. The van der Waals surface area contributed by atoms with Crippen LogP contribution in [0.3, 0.4) is 0 Å². The zero-order valence-corrected chi connectivity index (χ0v) is 16.0. The van der Waals surface area contributed by atoms with E-state index in [9.17, 15) is 9.59 Å². The largest absolute Gasteiger partial charge is 0.360 e. The van der Waals surface area contributed by atoms with Gasteiger partial charge in [-0.2, -0.15) is 5.10 Å². The molecule has 8 heteroatoms. The lowest BCUT2D eigenvalue weighted by molar-refractivity contribution is 0.0525. The lowest BCUT2D eigenvalue weighted by Gasteiger charge is -2.34. The molecule has 1 fully saturated rings. The molecule has 0 radical (unpaired) electrons. The Balaban J connectivity index is 1.24. The molecule has 0 bridgehead atoms. The molecule has 0 N–H and O–H groups in total. The first kappa shape index (κ1) is 17.5. The van der Waals surface area contributed by atoms with Crippen molar-refractivity contribution in [1.29, 1.82) is 0 Å². The highest BCUT2D eigenvalue weighted by Gasteiger charge is 2.31. The zero-order chi connectivity index (χ0) is 19.1. The molecular formula is C20H25N5O3. The quantitative estimate of drug-likeness (QED) is 0.788. The Morgan fingerprint density at radius 2 is 1.57 bits per heavy atom. The van der Waals surface area contributed by atoms with Gasteiger partial charge in [0, 0.05) is 50.4 Å². The summed E-state index contributed by atoms with van der Waals surface area (Å²) in [6, 6.07) is 1.93. The van der Waals surface area contributed by atoms with Crippen LogP contribution in [-0.4, -0.2) is 62.7 Å². The summed E-state index contributed by atoms with van der Waals surface area (Å²) in [4.78, 5) is 29.3. The van der Waals surface area contributed by atoms with Crippen LogP contribution in [0, 0.1) is 0 Å². The number of aromatic nitrogens is 3. The van der Waals surface area contributed by atoms with E-state index >= 15 is 0 Å². The molecule has 3 aliphatic rings. The van der Waals surface area contributed by atoms with Crippen molar-refractivity contribution in [2.75, 3.05) is 26.2 Å². The highest BCUT2D eigenvalue weighted by molar-refractivity contribution is 5.95. The average molecular weight is 383 g/mol. The van der Waals surface area contributed by atoms with Gasteiger partial charge in [0.1, 0.15) is 5.76 Å². The van der Waals surface area contributed by atoms with E-state index in [1.54, 1.807) is 9.80 Å². The van der Waals surface area contributed by atoms with Crippen LogP contribution in [0.1, 0.15) is 63.7 Å². The topological polar surface area (TPSA) is 84.5 Å². The molecule has 4 heterocycles. The predicted octanol–water partition coefficient (Wildman–Crippen LogP) is 1.68. The van der Waals surface area contributed by atoms with Crippen LogP contribution < -0.4 is 0 Å². The van der Waals surface area contributed by atoms with Crippen molar-refractivity contribution < 1.29 is 14.1 Å². The zero-order valence-electron chi connectivity index (χ0n) is 16.0. The van der Waals surface area contributed by atoms with E-state index in [1.807, 2.05) is 10.7 Å². The summed E-state index contributed by atoms with van der Waals surface area (Å²) in [5, 5.41) is 8.54. The molecule has 0 spiro atoms. The minimum absolute atomic E-state index is 0.0344. The molecule has 5 rings (SSSR count). The Labute approximate surface area is 163 Å². The molecule has 28 heavy (non-hydrogen) atoms. The van der Waals surface area contributed by atoms with E-state index in [-0.39, 0.29) is 11.8 Å². The van der Waals surface area contributed by atoms with Crippen LogP contribution in [0.15, 0.2) is 10.6 Å². The standard InChI is InChI=1S/C20H25N5O3/c26-19(16-13-14-5-3-4-8-25(14)21-16)23-9-11-24(12-10-23)20(27)18-15-6-1-2-7-17(15)28-22-18/h13H,1-12H2. The smallest absolute Gasteiger partial charge is 0.276 e. The summed E-state index contributed by atoms with van der Waals surface area (Å²) in [5.74, 6) is 0.761. The third kappa shape index (κ3) is 3.00. The van der Waals surface area contributed by atoms with Crippen LogP contribution in [0.5, 0.6) is 0 Å². The van der Waals surface area contributed by atoms with Gasteiger partial charge in [-0.1, -0.05) is 5.16 Å². The van der Waals surface area contributed by atoms with Crippen molar-refractivity contribution in [2.24, 2.45) is 0 Å². The van der Waals surface area contributed by atoms with Crippen molar-refractivity contribution in [3.63, 3.8) is 0 Å². The number of rotatable bonds is 2. The highest BCUT2D eigenvalue weighted by Crippen LogP contribution is 2.25. The molecule has 8 nitrogen and oxygen atoms in total. The summed E-state index contributed by atoms with van der Waals surface area (Å²) >= 11 is 0. The second kappa shape index (κ2) is 7.07. The predicted molar refractivity (Wildman–Crippen MR) is 100 cm³/mol. The highest BCUT2D eigenvalue weighted by atomic mass is 16.5. The first-order valence-corrected chi connectivity index (χ1v) is 10.3. The van der Waals surface area contributed by atoms with Crippen molar-refractivity contribution in [3.8, 4) is 0 Å². The Kier molecular flexibility index (Phi) is 4.41. The van der Waals surface area contributed by atoms with E-state index in [4.69, 9.17) is 4.52 Å². The van der Waals surface area contributed by atoms with Gasteiger partial charge in [0.2, 0.25) is 0 Å². The van der Waals surface area contributed by atoms with Gasteiger partial charge in [-0.3, -0.25) is 14.3 Å². The normalized spacial score (nSPS) is 19.3. The molecule has 0 saturated carbocycles. The SMILES string of the molecule is O=C(c1cc2n(n1)CCCC2)N1CCN(C(=O)c2noc3c2CCCC3)CC1. The van der Waals surface area contributed by atoms with Gasteiger partial charge < -0.3 is 14.3 Å². The molecule has 2 aromatic heterocycles. The van der Waals surface area contributed by atoms with Crippen molar-refractivity contribution in [3.05, 3.63) is 34.5 Å². The summed E-state index contributed by atoms with van der Waals surface area (Å²) in [5.41, 5.74) is 3.14. The molecule has 148 valence electrons. The third-order valence-corrected chi connectivity index (χ3v) is 6.14. The minimum Gasteiger partial charge on any atom is -0.360 e. The molecule has 1 aliphatic carbocycles. The van der Waals surface area contributed by atoms with Crippen molar-refractivity contribution >= 4 is 11.8 Å². The number of amides is 2. The molecule has 2 amide bonds. The summed E-state index contributed by atoms with van der Waals surface area (Å²) < 4.78 is 7.35. The van der Waals surface area contributed by atoms with Crippen LogP contribution in [0.4, 0.5) is 0 Å². The van der Waals surface area contributed by atoms with Crippen LogP contribution >= 0.6 is 0 Å². The summed E-state index contributed by atoms with van der Waals surface area (Å²) in [7, 11) is 0. The molecule has 2 aliphatic heterocycles. The first-order valence-electron chi connectivity index (χ1n) is 10.3. The molecule has 2 aromatic rings.